The summed E-state index contributed by atoms with van der Waals surface area (Å²) in [6.45, 7) is 0. The molecule has 0 bridgehead atoms. The molecule has 22 heavy (non-hydrogen) atoms. The van der Waals surface area contributed by atoms with Gasteiger partial charge in [-0.05, 0) is 24.5 Å². The lowest BCUT2D eigenvalue weighted by Crippen LogP contribution is -2.32. The highest BCUT2D eigenvalue weighted by molar-refractivity contribution is 7.90. The summed E-state index contributed by atoms with van der Waals surface area (Å²) < 4.78 is 22.6. The van der Waals surface area contributed by atoms with Gasteiger partial charge in [-0.1, -0.05) is 32.1 Å². The van der Waals surface area contributed by atoms with Crippen LogP contribution in [0.4, 0.5) is 5.82 Å². The average molecular weight is 327 g/mol. The fraction of sp³-hybridized carbons (Fsp3) is 0.643. The molecule has 0 spiro atoms. The Morgan fingerprint density at radius 1 is 1.32 bits per heavy atom. The molecule has 1 aliphatic carbocycles. The second-order valence-corrected chi connectivity index (χ2v) is 7.77. The Morgan fingerprint density at radius 2 is 2.00 bits per heavy atom. The molecule has 8 heteroatoms. The van der Waals surface area contributed by atoms with E-state index >= 15 is 0 Å². The first-order valence-electron chi connectivity index (χ1n) is 7.39. The van der Waals surface area contributed by atoms with Crippen molar-refractivity contribution in [2.24, 2.45) is 5.92 Å². The Morgan fingerprint density at radius 3 is 2.50 bits per heavy atom. The molecule has 122 valence electrons. The van der Waals surface area contributed by atoms with E-state index in [4.69, 9.17) is 0 Å². The molecular weight excluding hydrogens is 306 g/mol. The van der Waals surface area contributed by atoms with Crippen LogP contribution >= 0.6 is 0 Å². The van der Waals surface area contributed by atoms with Gasteiger partial charge in [0.1, 0.15) is 11.9 Å². The summed E-state index contributed by atoms with van der Waals surface area (Å²) in [5, 5.41) is 19.4. The van der Waals surface area contributed by atoms with Gasteiger partial charge in [0, 0.05) is 6.26 Å². The molecule has 1 atom stereocenters. The molecule has 1 aliphatic rings. The first-order chi connectivity index (χ1) is 10.4. The molecule has 2 N–H and O–H groups in total. The number of nitrogens with one attached hydrogen (secondary N) is 1. The minimum absolute atomic E-state index is 0.128. The fourth-order valence-electron chi connectivity index (χ4n) is 2.75. The number of aromatic nitrogens is 2. The molecule has 2 rings (SSSR count). The Hall–Kier alpha value is -1.70. The Labute approximate surface area is 130 Å². The SMILES string of the molecule is CS(=O)(=O)c1ccc(N[C@@H](CC2CCCCC2)C(=O)O)nn1. The van der Waals surface area contributed by atoms with Crippen molar-refractivity contribution in [3.63, 3.8) is 0 Å². The van der Waals surface area contributed by atoms with Crippen LogP contribution in [0, 0.1) is 5.92 Å². The molecule has 1 fully saturated rings. The third kappa shape index (κ3) is 4.66. The Balaban J connectivity index is 2.02. The maximum atomic E-state index is 11.4. The third-order valence-electron chi connectivity index (χ3n) is 3.93. The van der Waals surface area contributed by atoms with Gasteiger partial charge in [0.25, 0.3) is 0 Å². The number of hydrogen-bond donors (Lipinski definition) is 2. The largest absolute Gasteiger partial charge is 0.480 e. The van der Waals surface area contributed by atoms with Gasteiger partial charge in [-0.3, -0.25) is 0 Å². The van der Waals surface area contributed by atoms with Gasteiger partial charge in [0.15, 0.2) is 14.9 Å². The van der Waals surface area contributed by atoms with Crippen molar-refractivity contribution in [1.29, 1.82) is 0 Å². The zero-order chi connectivity index (χ0) is 16.2. The van der Waals surface area contributed by atoms with Gasteiger partial charge >= 0.3 is 5.97 Å². The molecule has 0 unspecified atom stereocenters. The van der Waals surface area contributed by atoms with Gasteiger partial charge in [-0.2, -0.15) is 0 Å². The Kier molecular flexibility index (Phi) is 5.33. The monoisotopic (exact) mass is 327 g/mol. The van der Waals surface area contributed by atoms with E-state index in [0.717, 1.165) is 31.9 Å². The summed E-state index contributed by atoms with van der Waals surface area (Å²) in [6, 6.07) is 2.03. The van der Waals surface area contributed by atoms with Crippen LogP contribution in [0.2, 0.25) is 0 Å². The topological polar surface area (TPSA) is 109 Å². The van der Waals surface area contributed by atoms with E-state index in [2.05, 4.69) is 15.5 Å². The van der Waals surface area contributed by atoms with E-state index in [0.29, 0.717) is 12.3 Å². The molecule has 1 aromatic heterocycles. The molecule has 0 amide bonds. The van der Waals surface area contributed by atoms with E-state index < -0.39 is 21.8 Å². The van der Waals surface area contributed by atoms with Gasteiger partial charge in [-0.25, -0.2) is 13.2 Å². The molecule has 1 aromatic rings. The van der Waals surface area contributed by atoms with Crippen LogP contribution in [0.15, 0.2) is 17.2 Å². The zero-order valence-electron chi connectivity index (χ0n) is 12.5. The zero-order valence-corrected chi connectivity index (χ0v) is 13.3. The molecule has 0 aliphatic heterocycles. The van der Waals surface area contributed by atoms with Crippen molar-refractivity contribution in [3.8, 4) is 0 Å². The lowest BCUT2D eigenvalue weighted by Gasteiger charge is -2.25. The first-order valence-corrected chi connectivity index (χ1v) is 9.28. The van der Waals surface area contributed by atoms with Gasteiger partial charge < -0.3 is 10.4 Å². The van der Waals surface area contributed by atoms with Crippen molar-refractivity contribution in [2.75, 3.05) is 11.6 Å². The number of nitrogens with zero attached hydrogens (tertiary/aromatic N) is 2. The summed E-state index contributed by atoms with van der Waals surface area (Å²) in [6.07, 6.45) is 7.24. The van der Waals surface area contributed by atoms with Crippen molar-refractivity contribution in [3.05, 3.63) is 12.1 Å². The summed E-state index contributed by atoms with van der Waals surface area (Å²) in [5.41, 5.74) is 0. The normalized spacial score (nSPS) is 17.9. The average Bonchev–Trinajstić information content (AvgIpc) is 2.47. The molecule has 0 saturated heterocycles. The Bertz CT molecular complexity index is 609. The van der Waals surface area contributed by atoms with Crippen molar-refractivity contribution < 1.29 is 18.3 Å². The van der Waals surface area contributed by atoms with Crippen molar-refractivity contribution >= 4 is 21.6 Å². The van der Waals surface area contributed by atoms with Gasteiger partial charge in [0.2, 0.25) is 0 Å². The molecule has 0 radical (unpaired) electrons. The second kappa shape index (κ2) is 7.04. The third-order valence-corrected chi connectivity index (χ3v) is 4.91. The number of rotatable bonds is 6. The van der Waals surface area contributed by atoms with Crippen molar-refractivity contribution in [2.45, 2.75) is 49.6 Å². The summed E-state index contributed by atoms with van der Waals surface area (Å²) in [4.78, 5) is 11.4. The molecule has 1 saturated carbocycles. The summed E-state index contributed by atoms with van der Waals surface area (Å²) >= 11 is 0. The summed E-state index contributed by atoms with van der Waals surface area (Å²) in [7, 11) is -3.40. The van der Waals surface area contributed by atoms with Crippen LogP contribution < -0.4 is 5.32 Å². The van der Waals surface area contributed by atoms with Crippen molar-refractivity contribution in [1.82, 2.24) is 10.2 Å². The van der Waals surface area contributed by atoms with Crippen LogP contribution in [0.25, 0.3) is 0 Å². The lowest BCUT2D eigenvalue weighted by molar-refractivity contribution is -0.138. The number of hydrogen-bond acceptors (Lipinski definition) is 6. The van der Waals surface area contributed by atoms with Crippen LogP contribution in [0.3, 0.4) is 0 Å². The lowest BCUT2D eigenvalue weighted by atomic mass is 9.85. The standard InChI is InChI=1S/C14H21N3O4S/c1-22(20,21)13-8-7-12(16-17-13)15-11(14(18)19)9-10-5-3-2-4-6-10/h7-8,10-11H,2-6,9H2,1H3,(H,15,16)(H,18,19)/t11-/m0/s1. The van der Waals surface area contributed by atoms with E-state index in [-0.39, 0.29) is 10.8 Å². The predicted octanol–water partition coefficient (Wildman–Crippen LogP) is 1.72. The first kappa shape index (κ1) is 16.7. The number of carboxylic acid groups (broad SMARTS) is 1. The predicted molar refractivity (Wildman–Crippen MR) is 81.4 cm³/mol. The van der Waals surface area contributed by atoms with E-state index in [9.17, 15) is 18.3 Å². The van der Waals surface area contributed by atoms with Crippen LogP contribution in [-0.4, -0.2) is 42.0 Å². The highest BCUT2D eigenvalue weighted by atomic mass is 32.2. The smallest absolute Gasteiger partial charge is 0.326 e. The number of aliphatic carboxylic acids is 1. The van der Waals surface area contributed by atoms with Gasteiger partial charge in [-0.15, -0.1) is 10.2 Å². The van der Waals surface area contributed by atoms with Gasteiger partial charge in [0.05, 0.1) is 0 Å². The highest BCUT2D eigenvalue weighted by Gasteiger charge is 2.24. The summed E-state index contributed by atoms with van der Waals surface area (Å²) in [5.74, 6) is -0.249. The maximum absolute atomic E-state index is 11.4. The van der Waals surface area contributed by atoms with Crippen LogP contribution in [0.5, 0.6) is 0 Å². The minimum atomic E-state index is -3.40. The molecule has 0 aromatic carbocycles. The minimum Gasteiger partial charge on any atom is -0.480 e. The van der Waals surface area contributed by atoms with Crippen LogP contribution in [0.1, 0.15) is 38.5 Å². The fourth-order valence-corrected chi connectivity index (χ4v) is 3.26. The van der Waals surface area contributed by atoms with E-state index in [1.54, 1.807) is 0 Å². The molecule has 7 nitrogen and oxygen atoms in total. The number of anilines is 1. The number of carbonyl (C=O) groups is 1. The molecule has 1 heterocycles. The molecular formula is C14H21N3O4S. The maximum Gasteiger partial charge on any atom is 0.326 e. The van der Waals surface area contributed by atoms with E-state index in [1.165, 1.54) is 18.6 Å². The quantitative estimate of drug-likeness (QED) is 0.818. The number of carboxylic acids is 1. The number of sulfone groups is 1. The second-order valence-electron chi connectivity index (χ2n) is 5.80. The van der Waals surface area contributed by atoms with E-state index in [1.807, 2.05) is 0 Å². The highest BCUT2D eigenvalue weighted by Crippen LogP contribution is 2.28. The van der Waals surface area contributed by atoms with Crippen LogP contribution in [-0.2, 0) is 14.6 Å².